The van der Waals surface area contributed by atoms with E-state index in [1.807, 2.05) is 24.4 Å². The molecule has 0 spiro atoms. The van der Waals surface area contributed by atoms with Crippen molar-refractivity contribution in [2.24, 2.45) is 5.92 Å². The summed E-state index contributed by atoms with van der Waals surface area (Å²) in [6, 6.07) is 10.2. The standard InChI is InChI=1S/C15H19NO/c1-11(2)15(17)8-7-12-9-10-16-14-6-4-3-5-13(12)14/h3-6,9-11,15,17H,7-8H2,1-2H3. The summed E-state index contributed by atoms with van der Waals surface area (Å²) in [7, 11) is 0. The Balaban J connectivity index is 2.19. The Morgan fingerprint density at radius 1 is 1.18 bits per heavy atom. The Hall–Kier alpha value is -1.41. The van der Waals surface area contributed by atoms with Crippen LogP contribution in [0.15, 0.2) is 36.5 Å². The first-order chi connectivity index (χ1) is 8.18. The highest BCUT2D eigenvalue weighted by Gasteiger charge is 2.10. The Morgan fingerprint density at radius 3 is 2.71 bits per heavy atom. The maximum Gasteiger partial charge on any atom is 0.0704 e. The number of para-hydroxylation sites is 1. The normalized spacial score (nSPS) is 13.2. The summed E-state index contributed by atoms with van der Waals surface area (Å²) >= 11 is 0. The van der Waals surface area contributed by atoms with E-state index in [-0.39, 0.29) is 6.10 Å². The summed E-state index contributed by atoms with van der Waals surface area (Å²) in [5, 5.41) is 11.0. The summed E-state index contributed by atoms with van der Waals surface area (Å²) in [4.78, 5) is 4.34. The van der Waals surface area contributed by atoms with Crippen LogP contribution in [0.2, 0.25) is 0 Å². The number of rotatable bonds is 4. The smallest absolute Gasteiger partial charge is 0.0704 e. The topological polar surface area (TPSA) is 33.1 Å². The molecule has 1 heterocycles. The largest absolute Gasteiger partial charge is 0.393 e. The number of hydrogen-bond donors (Lipinski definition) is 1. The monoisotopic (exact) mass is 229 g/mol. The van der Waals surface area contributed by atoms with Gasteiger partial charge in [0.2, 0.25) is 0 Å². The molecule has 0 aliphatic rings. The van der Waals surface area contributed by atoms with Crippen molar-refractivity contribution in [3.05, 3.63) is 42.1 Å². The fraction of sp³-hybridized carbons (Fsp3) is 0.400. The number of aliphatic hydroxyl groups is 1. The molecule has 0 aliphatic carbocycles. The van der Waals surface area contributed by atoms with E-state index in [0.717, 1.165) is 18.4 Å². The number of aliphatic hydroxyl groups excluding tert-OH is 1. The predicted molar refractivity (Wildman–Crippen MR) is 70.9 cm³/mol. The molecule has 1 atom stereocenters. The molecular weight excluding hydrogens is 210 g/mol. The van der Waals surface area contributed by atoms with Crippen molar-refractivity contribution in [2.75, 3.05) is 0 Å². The zero-order valence-electron chi connectivity index (χ0n) is 10.4. The van der Waals surface area contributed by atoms with Crippen LogP contribution in [-0.2, 0) is 6.42 Å². The van der Waals surface area contributed by atoms with Crippen LogP contribution in [0.3, 0.4) is 0 Å². The maximum absolute atomic E-state index is 9.84. The van der Waals surface area contributed by atoms with Gasteiger partial charge in [0.05, 0.1) is 11.6 Å². The summed E-state index contributed by atoms with van der Waals surface area (Å²) in [5.41, 5.74) is 2.30. The van der Waals surface area contributed by atoms with E-state index in [2.05, 4.69) is 31.0 Å². The van der Waals surface area contributed by atoms with Gasteiger partial charge in [0.1, 0.15) is 0 Å². The second-order valence-electron chi connectivity index (χ2n) is 4.84. The molecule has 0 aliphatic heterocycles. The van der Waals surface area contributed by atoms with Gasteiger partial charge in [0.25, 0.3) is 0 Å². The van der Waals surface area contributed by atoms with Gasteiger partial charge in [-0.1, -0.05) is 32.0 Å². The van der Waals surface area contributed by atoms with Crippen molar-refractivity contribution >= 4 is 10.9 Å². The van der Waals surface area contributed by atoms with Crippen LogP contribution in [0.5, 0.6) is 0 Å². The van der Waals surface area contributed by atoms with Crippen LogP contribution in [0.4, 0.5) is 0 Å². The van der Waals surface area contributed by atoms with Gasteiger partial charge in [-0.3, -0.25) is 4.98 Å². The molecule has 1 aromatic heterocycles. The van der Waals surface area contributed by atoms with E-state index in [4.69, 9.17) is 0 Å². The van der Waals surface area contributed by atoms with Gasteiger partial charge in [-0.05, 0) is 36.5 Å². The lowest BCUT2D eigenvalue weighted by Crippen LogP contribution is -2.15. The Kier molecular flexibility index (Phi) is 3.75. The molecule has 0 amide bonds. The molecule has 0 saturated carbocycles. The number of benzene rings is 1. The van der Waals surface area contributed by atoms with Crippen LogP contribution >= 0.6 is 0 Å². The van der Waals surface area contributed by atoms with Gasteiger partial charge in [0.15, 0.2) is 0 Å². The molecular formula is C15H19NO. The highest BCUT2D eigenvalue weighted by molar-refractivity contribution is 5.81. The molecule has 1 unspecified atom stereocenters. The lowest BCUT2D eigenvalue weighted by atomic mass is 9.98. The number of pyridine rings is 1. The molecule has 2 heteroatoms. The van der Waals surface area contributed by atoms with Crippen molar-refractivity contribution in [1.29, 1.82) is 0 Å². The van der Waals surface area contributed by atoms with Crippen LogP contribution in [0.1, 0.15) is 25.8 Å². The molecule has 0 radical (unpaired) electrons. The maximum atomic E-state index is 9.84. The summed E-state index contributed by atoms with van der Waals surface area (Å²) in [6.45, 7) is 4.10. The third-order valence-corrected chi connectivity index (χ3v) is 3.22. The number of hydrogen-bond acceptors (Lipinski definition) is 2. The van der Waals surface area contributed by atoms with Gasteiger partial charge < -0.3 is 5.11 Å². The van der Waals surface area contributed by atoms with Gasteiger partial charge in [-0.25, -0.2) is 0 Å². The minimum absolute atomic E-state index is 0.220. The Bertz CT molecular complexity index is 488. The molecule has 17 heavy (non-hydrogen) atoms. The molecule has 2 aromatic rings. The van der Waals surface area contributed by atoms with Crippen molar-refractivity contribution in [2.45, 2.75) is 32.8 Å². The van der Waals surface area contributed by atoms with Crippen LogP contribution in [0.25, 0.3) is 10.9 Å². The Labute approximate surface area is 102 Å². The van der Waals surface area contributed by atoms with Gasteiger partial charge in [0, 0.05) is 11.6 Å². The molecule has 90 valence electrons. The van der Waals surface area contributed by atoms with Gasteiger partial charge >= 0.3 is 0 Å². The quantitative estimate of drug-likeness (QED) is 0.873. The first kappa shape index (κ1) is 12.1. The minimum Gasteiger partial charge on any atom is -0.393 e. The van der Waals surface area contributed by atoms with E-state index in [1.165, 1.54) is 10.9 Å². The molecule has 0 fully saturated rings. The summed E-state index contributed by atoms with van der Waals surface area (Å²) in [5.74, 6) is 0.322. The van der Waals surface area contributed by atoms with E-state index in [9.17, 15) is 5.11 Å². The van der Waals surface area contributed by atoms with Crippen LogP contribution < -0.4 is 0 Å². The number of aromatic nitrogens is 1. The highest BCUT2D eigenvalue weighted by Crippen LogP contribution is 2.19. The third kappa shape index (κ3) is 2.83. The van der Waals surface area contributed by atoms with Gasteiger partial charge in [-0.15, -0.1) is 0 Å². The van der Waals surface area contributed by atoms with Crippen molar-refractivity contribution < 1.29 is 5.11 Å². The summed E-state index contributed by atoms with van der Waals surface area (Å²) < 4.78 is 0. The second kappa shape index (κ2) is 5.28. The average Bonchev–Trinajstić information content (AvgIpc) is 2.35. The van der Waals surface area contributed by atoms with Crippen LogP contribution in [0, 0.1) is 5.92 Å². The first-order valence-electron chi connectivity index (χ1n) is 6.19. The molecule has 1 aromatic carbocycles. The van der Waals surface area contributed by atoms with Crippen LogP contribution in [-0.4, -0.2) is 16.2 Å². The molecule has 0 saturated heterocycles. The Morgan fingerprint density at radius 2 is 1.94 bits per heavy atom. The average molecular weight is 229 g/mol. The minimum atomic E-state index is -0.220. The van der Waals surface area contributed by atoms with E-state index >= 15 is 0 Å². The fourth-order valence-electron chi connectivity index (χ4n) is 2.01. The van der Waals surface area contributed by atoms with Crippen molar-refractivity contribution in [1.82, 2.24) is 4.98 Å². The zero-order valence-corrected chi connectivity index (χ0v) is 10.4. The highest BCUT2D eigenvalue weighted by atomic mass is 16.3. The van der Waals surface area contributed by atoms with E-state index < -0.39 is 0 Å². The van der Waals surface area contributed by atoms with E-state index in [1.54, 1.807) is 0 Å². The number of aryl methyl sites for hydroxylation is 1. The third-order valence-electron chi connectivity index (χ3n) is 3.22. The van der Waals surface area contributed by atoms with E-state index in [0.29, 0.717) is 5.92 Å². The molecule has 1 N–H and O–H groups in total. The molecule has 2 rings (SSSR count). The second-order valence-corrected chi connectivity index (χ2v) is 4.84. The fourth-order valence-corrected chi connectivity index (χ4v) is 2.01. The summed E-state index contributed by atoms with van der Waals surface area (Å²) in [6.07, 6.45) is 3.34. The predicted octanol–water partition coefficient (Wildman–Crippen LogP) is 3.18. The zero-order chi connectivity index (χ0) is 12.3. The lowest BCUT2D eigenvalue weighted by Gasteiger charge is -2.14. The van der Waals surface area contributed by atoms with Crippen molar-refractivity contribution in [3.8, 4) is 0 Å². The SMILES string of the molecule is CC(C)C(O)CCc1ccnc2ccccc12. The number of nitrogens with zero attached hydrogens (tertiary/aromatic N) is 1. The van der Waals surface area contributed by atoms with Crippen molar-refractivity contribution in [3.63, 3.8) is 0 Å². The lowest BCUT2D eigenvalue weighted by molar-refractivity contribution is 0.116. The number of fused-ring (bicyclic) bond motifs is 1. The molecule has 0 bridgehead atoms. The molecule has 2 nitrogen and oxygen atoms in total. The first-order valence-corrected chi connectivity index (χ1v) is 6.19. The van der Waals surface area contributed by atoms with Gasteiger partial charge in [-0.2, -0.15) is 0 Å².